The third-order valence-electron chi connectivity index (χ3n) is 3.07. The van der Waals surface area contributed by atoms with Crippen LogP contribution in [0.15, 0.2) is 35.7 Å². The highest BCUT2D eigenvalue weighted by Gasteiger charge is 2.17. The molecule has 0 saturated heterocycles. The molecular formula is C17H18N2O5S2. The van der Waals surface area contributed by atoms with E-state index in [1.165, 1.54) is 23.3 Å². The molecule has 138 valence electrons. The Morgan fingerprint density at radius 3 is 2.69 bits per heavy atom. The zero-order chi connectivity index (χ0) is 18.9. The maximum absolute atomic E-state index is 12.1. The van der Waals surface area contributed by atoms with Gasteiger partial charge in [-0.3, -0.25) is 4.79 Å². The smallest absolute Gasteiger partial charge is 0.341 e. The first-order chi connectivity index (χ1) is 12.5. The highest BCUT2D eigenvalue weighted by Crippen LogP contribution is 2.24. The van der Waals surface area contributed by atoms with Gasteiger partial charge in [0.15, 0.2) is 6.61 Å². The van der Waals surface area contributed by atoms with Gasteiger partial charge in [-0.1, -0.05) is 18.0 Å². The second-order valence-electron chi connectivity index (χ2n) is 4.90. The van der Waals surface area contributed by atoms with Crippen LogP contribution in [-0.4, -0.2) is 37.3 Å². The lowest BCUT2D eigenvalue weighted by molar-refractivity contribution is -0.119. The summed E-state index contributed by atoms with van der Waals surface area (Å²) in [5.41, 5.74) is 1.36. The second kappa shape index (κ2) is 9.83. The molecule has 0 aliphatic heterocycles. The Bertz CT molecular complexity index is 791. The van der Waals surface area contributed by atoms with Crippen molar-refractivity contribution in [2.24, 2.45) is 0 Å². The number of thiophene rings is 1. The van der Waals surface area contributed by atoms with Crippen molar-refractivity contribution in [3.8, 4) is 0 Å². The summed E-state index contributed by atoms with van der Waals surface area (Å²) in [5, 5.41) is 4.58. The molecule has 0 spiro atoms. The van der Waals surface area contributed by atoms with E-state index in [-0.39, 0.29) is 12.2 Å². The van der Waals surface area contributed by atoms with E-state index in [9.17, 15) is 14.4 Å². The topological polar surface area (TPSA) is 93.7 Å². The van der Waals surface area contributed by atoms with Crippen molar-refractivity contribution in [3.63, 3.8) is 0 Å². The molecule has 0 bridgehead atoms. The molecule has 1 aromatic carbocycles. The fraction of sp³-hybridized carbons (Fsp3) is 0.235. The van der Waals surface area contributed by atoms with Crippen molar-refractivity contribution < 1.29 is 23.9 Å². The van der Waals surface area contributed by atoms with Gasteiger partial charge in [-0.15, -0.1) is 11.3 Å². The zero-order valence-corrected chi connectivity index (χ0v) is 15.9. The number of rotatable bonds is 8. The largest absolute Gasteiger partial charge is 0.462 e. The fourth-order valence-electron chi connectivity index (χ4n) is 1.98. The van der Waals surface area contributed by atoms with Crippen LogP contribution in [-0.2, 0) is 14.3 Å². The predicted octanol–water partition coefficient (Wildman–Crippen LogP) is 3.41. The van der Waals surface area contributed by atoms with Gasteiger partial charge in [0, 0.05) is 11.9 Å². The van der Waals surface area contributed by atoms with Crippen LogP contribution in [0.3, 0.4) is 0 Å². The number of carbonyl (C=O) groups excluding carboxylic acids is 3. The van der Waals surface area contributed by atoms with Crippen LogP contribution in [0.1, 0.15) is 27.6 Å². The van der Waals surface area contributed by atoms with E-state index < -0.39 is 24.5 Å². The van der Waals surface area contributed by atoms with Crippen LogP contribution >= 0.6 is 23.3 Å². The molecular weight excluding hydrogens is 376 g/mol. The number of carbonyl (C=O) groups is 3. The third kappa shape index (κ3) is 5.50. The number of esters is 2. The number of hydrogen-bond acceptors (Lipinski definition) is 8. The Labute approximate surface area is 159 Å². The number of ether oxygens (including phenoxy) is 2. The first-order valence-corrected chi connectivity index (χ1v) is 9.76. The summed E-state index contributed by atoms with van der Waals surface area (Å²) in [6.07, 6.45) is 1.87. The first kappa shape index (κ1) is 19.8. The van der Waals surface area contributed by atoms with Gasteiger partial charge in [0.05, 0.1) is 17.7 Å². The maximum atomic E-state index is 12.1. The zero-order valence-electron chi connectivity index (χ0n) is 14.2. The summed E-state index contributed by atoms with van der Waals surface area (Å²) < 4.78 is 13.0. The van der Waals surface area contributed by atoms with Crippen LogP contribution in [0.25, 0.3) is 0 Å². The third-order valence-corrected chi connectivity index (χ3v) is 4.34. The van der Waals surface area contributed by atoms with Gasteiger partial charge in [-0.05, 0) is 36.6 Å². The Morgan fingerprint density at radius 1 is 1.15 bits per heavy atom. The molecule has 0 aliphatic rings. The van der Waals surface area contributed by atoms with Crippen molar-refractivity contribution >= 4 is 51.8 Å². The summed E-state index contributed by atoms with van der Waals surface area (Å²) in [5.74, 6) is -1.66. The summed E-state index contributed by atoms with van der Waals surface area (Å²) in [4.78, 5) is 35.8. The van der Waals surface area contributed by atoms with Gasteiger partial charge < -0.3 is 19.5 Å². The summed E-state index contributed by atoms with van der Waals surface area (Å²) in [7, 11) is 0. The molecule has 0 aliphatic carbocycles. The molecule has 1 heterocycles. The molecule has 26 heavy (non-hydrogen) atoms. The average molecular weight is 394 g/mol. The second-order valence-corrected chi connectivity index (χ2v) is 6.42. The van der Waals surface area contributed by atoms with Gasteiger partial charge in [0.25, 0.3) is 5.91 Å². The van der Waals surface area contributed by atoms with E-state index in [1.807, 2.05) is 12.3 Å². The number of amides is 1. The van der Waals surface area contributed by atoms with E-state index in [1.54, 1.807) is 36.6 Å². The standard InChI is InChI=1S/C17H18N2O5S2/c1-3-23-17(22)13-7-8-26-15(13)18-14(20)10-24-16(21)11-5-4-6-12(9-11)19-25-2/h4-9,19H,3,10H2,1-2H3,(H,18,20). The van der Waals surface area contributed by atoms with Crippen LogP contribution in [0.4, 0.5) is 10.7 Å². The predicted molar refractivity (Wildman–Crippen MR) is 103 cm³/mol. The van der Waals surface area contributed by atoms with Gasteiger partial charge in [-0.2, -0.15) is 0 Å². The first-order valence-electron chi connectivity index (χ1n) is 7.65. The van der Waals surface area contributed by atoms with Crippen molar-refractivity contribution in [1.29, 1.82) is 0 Å². The average Bonchev–Trinajstić information content (AvgIpc) is 3.08. The van der Waals surface area contributed by atoms with Crippen molar-refractivity contribution in [2.45, 2.75) is 6.92 Å². The Morgan fingerprint density at radius 2 is 1.96 bits per heavy atom. The molecule has 1 aromatic heterocycles. The summed E-state index contributed by atoms with van der Waals surface area (Å²) in [6, 6.07) is 8.33. The Kier molecular flexibility index (Phi) is 7.49. The highest BCUT2D eigenvalue weighted by molar-refractivity contribution is 7.99. The summed E-state index contributed by atoms with van der Waals surface area (Å²) in [6.45, 7) is 1.48. The van der Waals surface area contributed by atoms with Crippen molar-refractivity contribution in [1.82, 2.24) is 0 Å². The van der Waals surface area contributed by atoms with Crippen molar-refractivity contribution in [3.05, 3.63) is 46.8 Å². The molecule has 9 heteroatoms. The van der Waals surface area contributed by atoms with Gasteiger partial charge in [0.1, 0.15) is 5.00 Å². The number of anilines is 2. The molecule has 0 atom stereocenters. The number of benzene rings is 1. The SMILES string of the molecule is CCOC(=O)c1ccsc1NC(=O)COC(=O)c1cccc(NSC)c1. The van der Waals surface area contributed by atoms with Gasteiger partial charge >= 0.3 is 11.9 Å². The van der Waals surface area contributed by atoms with Gasteiger partial charge in [-0.25, -0.2) is 9.59 Å². The molecule has 0 fully saturated rings. The molecule has 7 nitrogen and oxygen atoms in total. The van der Waals surface area contributed by atoms with E-state index in [0.29, 0.717) is 10.6 Å². The summed E-state index contributed by atoms with van der Waals surface area (Å²) >= 11 is 2.59. The molecule has 2 aromatic rings. The monoisotopic (exact) mass is 394 g/mol. The van der Waals surface area contributed by atoms with E-state index in [4.69, 9.17) is 9.47 Å². The molecule has 1 amide bonds. The van der Waals surface area contributed by atoms with Crippen LogP contribution < -0.4 is 10.0 Å². The minimum Gasteiger partial charge on any atom is -0.462 e. The molecule has 2 N–H and O–H groups in total. The molecule has 2 rings (SSSR count). The highest BCUT2D eigenvalue weighted by atomic mass is 32.2. The number of nitrogens with one attached hydrogen (secondary N) is 2. The van der Waals surface area contributed by atoms with E-state index in [0.717, 1.165) is 5.69 Å². The van der Waals surface area contributed by atoms with E-state index in [2.05, 4.69) is 10.0 Å². The maximum Gasteiger partial charge on any atom is 0.341 e. The van der Waals surface area contributed by atoms with E-state index >= 15 is 0 Å². The quantitative estimate of drug-likeness (QED) is 0.523. The van der Waals surface area contributed by atoms with Crippen LogP contribution in [0.2, 0.25) is 0 Å². The lowest BCUT2D eigenvalue weighted by Gasteiger charge is -2.08. The van der Waals surface area contributed by atoms with Crippen LogP contribution in [0.5, 0.6) is 0 Å². The lowest BCUT2D eigenvalue weighted by atomic mass is 10.2. The lowest BCUT2D eigenvalue weighted by Crippen LogP contribution is -2.21. The molecule has 0 saturated carbocycles. The number of hydrogen-bond donors (Lipinski definition) is 2. The normalized spacial score (nSPS) is 10.1. The van der Waals surface area contributed by atoms with Crippen molar-refractivity contribution in [2.75, 3.05) is 29.5 Å². The minimum absolute atomic E-state index is 0.240. The van der Waals surface area contributed by atoms with Crippen LogP contribution in [0, 0.1) is 0 Å². The van der Waals surface area contributed by atoms with Gasteiger partial charge in [0.2, 0.25) is 0 Å². The fourth-order valence-corrected chi connectivity index (χ4v) is 3.13. The Hall–Kier alpha value is -2.52. The minimum atomic E-state index is -0.610. The Balaban J connectivity index is 1.91. The molecule has 0 unspecified atom stereocenters. The molecule has 0 radical (unpaired) electrons.